The Kier molecular flexibility index (Phi) is 6.13. The molecular formula is C17H15ClN2O6. The monoisotopic (exact) mass is 378 g/mol. The Bertz CT molecular complexity index is 855. The minimum Gasteiger partial charge on any atom is -0.497 e. The highest BCUT2D eigenvalue weighted by molar-refractivity contribution is 6.32. The molecule has 0 saturated heterocycles. The normalized spacial score (nSPS) is 11.3. The molecule has 0 aliphatic rings. The summed E-state index contributed by atoms with van der Waals surface area (Å²) in [4.78, 5) is 34.4. The van der Waals surface area contributed by atoms with Crippen LogP contribution in [0.5, 0.6) is 5.75 Å². The maximum Gasteiger partial charge on any atom is 0.339 e. The number of nitro benzene ring substituents is 1. The number of amides is 1. The van der Waals surface area contributed by atoms with E-state index in [9.17, 15) is 19.7 Å². The van der Waals surface area contributed by atoms with E-state index in [1.54, 1.807) is 24.3 Å². The van der Waals surface area contributed by atoms with Gasteiger partial charge in [-0.2, -0.15) is 0 Å². The molecule has 0 radical (unpaired) electrons. The van der Waals surface area contributed by atoms with E-state index >= 15 is 0 Å². The van der Waals surface area contributed by atoms with Crippen molar-refractivity contribution in [1.29, 1.82) is 0 Å². The second-order valence-corrected chi connectivity index (χ2v) is 5.60. The van der Waals surface area contributed by atoms with Crippen molar-refractivity contribution < 1.29 is 24.0 Å². The summed E-state index contributed by atoms with van der Waals surface area (Å²) < 4.78 is 10.1. The van der Waals surface area contributed by atoms with Crippen LogP contribution in [0.3, 0.4) is 0 Å². The van der Waals surface area contributed by atoms with Crippen LogP contribution in [0, 0.1) is 10.1 Å². The number of carbonyl (C=O) groups excluding carboxylic acids is 2. The van der Waals surface area contributed by atoms with Gasteiger partial charge in [-0.1, -0.05) is 17.7 Å². The fourth-order valence-electron chi connectivity index (χ4n) is 2.01. The summed E-state index contributed by atoms with van der Waals surface area (Å²) in [6.45, 7) is 1.39. The Balaban J connectivity index is 2.05. The molecule has 1 N–H and O–H groups in total. The van der Waals surface area contributed by atoms with E-state index in [-0.39, 0.29) is 10.6 Å². The third-order valence-corrected chi connectivity index (χ3v) is 3.69. The van der Waals surface area contributed by atoms with Crippen LogP contribution in [0.2, 0.25) is 5.02 Å². The molecule has 1 amide bonds. The number of esters is 1. The van der Waals surface area contributed by atoms with Crippen LogP contribution in [0.15, 0.2) is 42.5 Å². The molecule has 0 unspecified atom stereocenters. The first kappa shape index (κ1) is 19.2. The van der Waals surface area contributed by atoms with E-state index < -0.39 is 28.6 Å². The molecule has 0 saturated carbocycles. The van der Waals surface area contributed by atoms with Gasteiger partial charge in [0.05, 0.1) is 17.6 Å². The number of hydrogen-bond donors (Lipinski definition) is 1. The number of benzene rings is 2. The summed E-state index contributed by atoms with van der Waals surface area (Å²) >= 11 is 5.70. The highest BCUT2D eigenvalue weighted by Gasteiger charge is 2.22. The van der Waals surface area contributed by atoms with Crippen LogP contribution < -0.4 is 10.1 Å². The molecule has 8 nitrogen and oxygen atoms in total. The molecule has 2 rings (SSSR count). The molecule has 9 heteroatoms. The Labute approximate surface area is 153 Å². The smallest absolute Gasteiger partial charge is 0.339 e. The molecule has 1 atom stereocenters. The van der Waals surface area contributed by atoms with Crippen LogP contribution >= 0.6 is 11.6 Å². The molecule has 0 heterocycles. The van der Waals surface area contributed by atoms with Crippen molar-refractivity contribution in [2.75, 3.05) is 12.4 Å². The average molecular weight is 379 g/mol. The van der Waals surface area contributed by atoms with Gasteiger partial charge in [-0.3, -0.25) is 14.9 Å². The van der Waals surface area contributed by atoms with Gasteiger partial charge in [0.1, 0.15) is 10.8 Å². The van der Waals surface area contributed by atoms with Crippen molar-refractivity contribution >= 4 is 34.9 Å². The fourth-order valence-corrected chi connectivity index (χ4v) is 2.19. The number of rotatable bonds is 6. The summed E-state index contributed by atoms with van der Waals surface area (Å²) in [7, 11) is 1.50. The van der Waals surface area contributed by atoms with Gasteiger partial charge in [-0.15, -0.1) is 0 Å². The zero-order valence-corrected chi connectivity index (χ0v) is 14.6. The van der Waals surface area contributed by atoms with E-state index in [1.165, 1.54) is 26.2 Å². The number of nitro groups is 1. The van der Waals surface area contributed by atoms with E-state index in [1.807, 2.05) is 0 Å². The molecule has 136 valence electrons. The lowest BCUT2D eigenvalue weighted by molar-refractivity contribution is -0.384. The maximum absolute atomic E-state index is 12.1. The van der Waals surface area contributed by atoms with Gasteiger partial charge in [-0.05, 0) is 31.2 Å². The van der Waals surface area contributed by atoms with Gasteiger partial charge < -0.3 is 14.8 Å². The van der Waals surface area contributed by atoms with Crippen molar-refractivity contribution in [2.45, 2.75) is 13.0 Å². The first-order valence-electron chi connectivity index (χ1n) is 7.41. The molecule has 0 aliphatic heterocycles. The molecular weight excluding hydrogens is 364 g/mol. The number of hydrogen-bond acceptors (Lipinski definition) is 6. The quantitative estimate of drug-likeness (QED) is 0.468. The third kappa shape index (κ3) is 4.70. The zero-order valence-electron chi connectivity index (χ0n) is 13.9. The number of ether oxygens (including phenoxy) is 2. The van der Waals surface area contributed by atoms with Gasteiger partial charge >= 0.3 is 5.97 Å². The number of methoxy groups -OCH3 is 1. The van der Waals surface area contributed by atoms with E-state index in [4.69, 9.17) is 21.1 Å². The van der Waals surface area contributed by atoms with E-state index in [2.05, 4.69) is 5.32 Å². The lowest BCUT2D eigenvalue weighted by atomic mass is 10.2. The Hall–Kier alpha value is -3.13. The summed E-state index contributed by atoms with van der Waals surface area (Å²) in [5.74, 6) is -0.881. The molecule has 2 aromatic carbocycles. The van der Waals surface area contributed by atoms with Gasteiger partial charge in [0.25, 0.3) is 11.6 Å². The van der Waals surface area contributed by atoms with Gasteiger partial charge in [0.15, 0.2) is 6.10 Å². The number of halogens is 1. The standard InChI is InChI=1S/C17H15ClN2O6/c1-10(16(21)19-12-4-3-5-13(9-12)25-2)26-17(22)11-6-7-14(18)15(8-11)20(23)24/h3-10H,1-2H3,(H,19,21)/t10-/m0/s1. The topological polar surface area (TPSA) is 108 Å². The summed E-state index contributed by atoms with van der Waals surface area (Å²) in [5, 5.41) is 13.4. The SMILES string of the molecule is COc1cccc(NC(=O)[C@H](C)OC(=O)c2ccc(Cl)c([N+](=O)[O-])c2)c1. The maximum atomic E-state index is 12.1. The Morgan fingerprint density at radius 2 is 1.96 bits per heavy atom. The number of anilines is 1. The van der Waals surface area contributed by atoms with E-state index in [0.717, 1.165) is 6.07 Å². The molecule has 0 fully saturated rings. The largest absolute Gasteiger partial charge is 0.497 e. The van der Waals surface area contributed by atoms with Crippen LogP contribution in [-0.4, -0.2) is 30.0 Å². The van der Waals surface area contributed by atoms with Crippen molar-refractivity contribution in [1.82, 2.24) is 0 Å². The van der Waals surface area contributed by atoms with Crippen LogP contribution in [0.1, 0.15) is 17.3 Å². The van der Waals surface area contributed by atoms with Crippen LogP contribution in [0.4, 0.5) is 11.4 Å². The van der Waals surface area contributed by atoms with Crippen molar-refractivity contribution in [3.63, 3.8) is 0 Å². The highest BCUT2D eigenvalue weighted by Crippen LogP contribution is 2.25. The third-order valence-electron chi connectivity index (χ3n) is 3.37. The number of carbonyl (C=O) groups is 2. The molecule has 0 aliphatic carbocycles. The summed E-state index contributed by atoms with van der Waals surface area (Å²) in [6.07, 6.45) is -1.12. The first-order chi connectivity index (χ1) is 12.3. The van der Waals surface area contributed by atoms with Gasteiger partial charge in [0.2, 0.25) is 0 Å². The first-order valence-corrected chi connectivity index (χ1v) is 7.79. The van der Waals surface area contributed by atoms with Gasteiger partial charge in [0, 0.05) is 17.8 Å². The van der Waals surface area contributed by atoms with E-state index in [0.29, 0.717) is 11.4 Å². The highest BCUT2D eigenvalue weighted by atomic mass is 35.5. The second kappa shape index (κ2) is 8.30. The second-order valence-electron chi connectivity index (χ2n) is 5.19. The number of nitrogens with one attached hydrogen (secondary N) is 1. The Morgan fingerprint density at radius 3 is 2.62 bits per heavy atom. The van der Waals surface area contributed by atoms with Crippen molar-refractivity contribution in [2.24, 2.45) is 0 Å². The molecule has 0 aromatic heterocycles. The predicted molar refractivity (Wildman–Crippen MR) is 94.6 cm³/mol. The van der Waals surface area contributed by atoms with Crippen LogP contribution in [-0.2, 0) is 9.53 Å². The zero-order chi connectivity index (χ0) is 19.3. The minimum absolute atomic E-state index is 0.0814. The fraction of sp³-hybridized carbons (Fsp3) is 0.176. The van der Waals surface area contributed by atoms with Gasteiger partial charge in [-0.25, -0.2) is 4.79 Å². The lowest BCUT2D eigenvalue weighted by Crippen LogP contribution is -2.30. The van der Waals surface area contributed by atoms with Crippen molar-refractivity contribution in [3.05, 3.63) is 63.2 Å². The minimum atomic E-state index is -1.12. The molecule has 2 aromatic rings. The van der Waals surface area contributed by atoms with Crippen molar-refractivity contribution in [3.8, 4) is 5.75 Å². The lowest BCUT2D eigenvalue weighted by Gasteiger charge is -2.14. The number of nitrogens with zero attached hydrogens (tertiary/aromatic N) is 1. The molecule has 26 heavy (non-hydrogen) atoms. The molecule has 0 spiro atoms. The van der Waals surface area contributed by atoms with Crippen LogP contribution in [0.25, 0.3) is 0 Å². The summed E-state index contributed by atoms with van der Waals surface area (Å²) in [5.41, 5.74) is -0.0314. The predicted octanol–water partition coefficient (Wildman–Crippen LogP) is 3.44. The average Bonchev–Trinajstić information content (AvgIpc) is 2.61. The Morgan fingerprint density at radius 1 is 1.23 bits per heavy atom. The molecule has 0 bridgehead atoms. The summed E-state index contributed by atoms with van der Waals surface area (Å²) in [6, 6.07) is 10.2.